The lowest BCUT2D eigenvalue weighted by Crippen LogP contribution is -2.48. The number of hydrogen-bond acceptors (Lipinski definition) is 2. The molecule has 1 heterocycles. The van der Waals surface area contributed by atoms with E-state index >= 15 is 0 Å². The van der Waals surface area contributed by atoms with E-state index in [1.165, 1.54) is 56.5 Å². The first-order chi connectivity index (χ1) is 9.77. The Morgan fingerprint density at radius 1 is 1.20 bits per heavy atom. The Hall–Kier alpha value is -0.830. The molecule has 0 aromatic carbocycles. The summed E-state index contributed by atoms with van der Waals surface area (Å²) < 4.78 is 0. The lowest BCUT2D eigenvalue weighted by Gasteiger charge is -2.56. The van der Waals surface area contributed by atoms with Crippen LogP contribution in [0.4, 0.5) is 0 Å². The predicted molar refractivity (Wildman–Crippen MR) is 80.7 cm³/mol. The second-order valence-electron chi connectivity index (χ2n) is 7.65. The summed E-state index contributed by atoms with van der Waals surface area (Å²) in [4.78, 5) is 8.35. The first-order valence-corrected chi connectivity index (χ1v) is 8.46. The summed E-state index contributed by atoms with van der Waals surface area (Å²) in [5.41, 5.74) is 1.94. The quantitative estimate of drug-likeness (QED) is 0.810. The average molecular weight is 273 g/mol. The molecule has 4 aliphatic carbocycles. The molecular weight excluding hydrogens is 246 g/mol. The van der Waals surface area contributed by atoms with Gasteiger partial charge < -0.3 is 10.3 Å². The van der Waals surface area contributed by atoms with E-state index < -0.39 is 0 Å². The van der Waals surface area contributed by atoms with Gasteiger partial charge in [0.1, 0.15) is 5.82 Å². The summed E-state index contributed by atoms with van der Waals surface area (Å²) >= 11 is 0. The SMILES string of the molecule is CNCCCc1ncc(C23CC4CC(CC(C4)C2)C3)[nH]1. The van der Waals surface area contributed by atoms with E-state index in [-0.39, 0.29) is 0 Å². The Kier molecular flexibility index (Phi) is 3.13. The van der Waals surface area contributed by atoms with Crippen LogP contribution in [0.2, 0.25) is 0 Å². The number of rotatable bonds is 5. The van der Waals surface area contributed by atoms with Gasteiger partial charge in [-0.15, -0.1) is 0 Å². The molecule has 20 heavy (non-hydrogen) atoms. The maximum absolute atomic E-state index is 4.66. The van der Waals surface area contributed by atoms with Crippen LogP contribution in [0.3, 0.4) is 0 Å². The minimum Gasteiger partial charge on any atom is -0.345 e. The van der Waals surface area contributed by atoms with Crippen LogP contribution in [0.5, 0.6) is 0 Å². The molecule has 5 rings (SSSR count). The molecule has 1 aromatic rings. The van der Waals surface area contributed by atoms with Gasteiger partial charge in [0, 0.05) is 23.7 Å². The number of nitrogens with zero attached hydrogens (tertiary/aromatic N) is 1. The second-order valence-corrected chi connectivity index (χ2v) is 7.65. The Bertz CT molecular complexity index is 441. The van der Waals surface area contributed by atoms with Gasteiger partial charge in [0.25, 0.3) is 0 Å². The predicted octanol–water partition coefficient (Wildman–Crippen LogP) is 3.03. The number of imidazole rings is 1. The summed E-state index contributed by atoms with van der Waals surface area (Å²) in [7, 11) is 2.02. The first-order valence-electron chi connectivity index (χ1n) is 8.46. The van der Waals surface area contributed by atoms with Crippen molar-refractivity contribution in [3.05, 3.63) is 17.7 Å². The van der Waals surface area contributed by atoms with Crippen molar-refractivity contribution in [1.82, 2.24) is 15.3 Å². The smallest absolute Gasteiger partial charge is 0.106 e. The van der Waals surface area contributed by atoms with Gasteiger partial charge in [0.15, 0.2) is 0 Å². The van der Waals surface area contributed by atoms with E-state index in [9.17, 15) is 0 Å². The Morgan fingerprint density at radius 3 is 2.45 bits per heavy atom. The van der Waals surface area contributed by atoms with E-state index in [4.69, 9.17) is 0 Å². The Balaban J connectivity index is 1.52. The molecule has 0 spiro atoms. The average Bonchev–Trinajstić information content (AvgIpc) is 2.87. The number of H-pyrrole nitrogens is 1. The molecule has 4 fully saturated rings. The van der Waals surface area contributed by atoms with E-state index in [0.717, 1.165) is 30.7 Å². The fraction of sp³-hybridized carbons (Fsp3) is 0.824. The summed E-state index contributed by atoms with van der Waals surface area (Å²) in [6.07, 6.45) is 13.2. The molecule has 0 aliphatic heterocycles. The molecule has 2 N–H and O–H groups in total. The largest absolute Gasteiger partial charge is 0.345 e. The lowest BCUT2D eigenvalue weighted by molar-refractivity contribution is -0.00706. The molecule has 3 heteroatoms. The third-order valence-corrected chi connectivity index (χ3v) is 6.08. The van der Waals surface area contributed by atoms with Gasteiger partial charge in [-0.2, -0.15) is 0 Å². The van der Waals surface area contributed by atoms with E-state index in [2.05, 4.69) is 21.5 Å². The van der Waals surface area contributed by atoms with Crippen LogP contribution in [-0.2, 0) is 11.8 Å². The van der Waals surface area contributed by atoms with E-state index in [1.54, 1.807) is 0 Å². The van der Waals surface area contributed by atoms with Gasteiger partial charge in [-0.1, -0.05) is 0 Å². The van der Waals surface area contributed by atoms with Gasteiger partial charge in [-0.3, -0.25) is 0 Å². The Labute approximate surface area is 122 Å². The van der Waals surface area contributed by atoms with Gasteiger partial charge in [-0.25, -0.2) is 4.98 Å². The van der Waals surface area contributed by atoms with Crippen LogP contribution < -0.4 is 5.32 Å². The summed E-state index contributed by atoms with van der Waals surface area (Å²) in [6.45, 7) is 1.08. The van der Waals surface area contributed by atoms with Gasteiger partial charge in [0.2, 0.25) is 0 Å². The number of hydrogen-bond donors (Lipinski definition) is 2. The number of aromatic amines is 1. The molecule has 0 saturated heterocycles. The van der Waals surface area contributed by atoms with Crippen LogP contribution in [0.25, 0.3) is 0 Å². The molecular formula is C17H27N3. The molecule has 1 aromatic heterocycles. The van der Waals surface area contributed by atoms with Crippen molar-refractivity contribution < 1.29 is 0 Å². The van der Waals surface area contributed by atoms with Crippen LogP contribution in [0.15, 0.2) is 6.20 Å². The zero-order valence-electron chi connectivity index (χ0n) is 12.6. The summed E-state index contributed by atoms with van der Waals surface area (Å²) in [5, 5.41) is 3.21. The third kappa shape index (κ3) is 2.11. The fourth-order valence-corrected chi connectivity index (χ4v) is 5.63. The maximum atomic E-state index is 4.66. The van der Waals surface area contributed by atoms with Gasteiger partial charge in [0.05, 0.1) is 0 Å². The standard InChI is InChI=1S/C17H27N3/c1-18-4-2-3-16-19-11-15(20-16)17-8-12-5-13(9-17)7-14(6-12)10-17/h11-14,18H,2-10H2,1H3,(H,19,20). The van der Waals surface area contributed by atoms with Crippen LogP contribution in [0, 0.1) is 17.8 Å². The topological polar surface area (TPSA) is 40.7 Å². The highest BCUT2D eigenvalue weighted by Gasteiger charge is 2.52. The van der Waals surface area contributed by atoms with Crippen molar-refractivity contribution >= 4 is 0 Å². The number of aromatic nitrogens is 2. The van der Waals surface area contributed by atoms with Crippen molar-refractivity contribution in [3.63, 3.8) is 0 Å². The molecule has 0 unspecified atom stereocenters. The minimum atomic E-state index is 0.475. The molecule has 4 bridgehead atoms. The van der Waals surface area contributed by atoms with Crippen molar-refractivity contribution in [3.8, 4) is 0 Å². The van der Waals surface area contributed by atoms with Crippen molar-refractivity contribution in [2.24, 2.45) is 17.8 Å². The highest BCUT2D eigenvalue weighted by atomic mass is 14.9. The highest BCUT2D eigenvalue weighted by molar-refractivity contribution is 5.22. The second kappa shape index (κ2) is 4.87. The normalized spacial score (nSPS) is 38.5. The molecule has 0 atom stereocenters. The van der Waals surface area contributed by atoms with Crippen LogP contribution in [0.1, 0.15) is 56.5 Å². The number of nitrogens with one attached hydrogen (secondary N) is 2. The van der Waals surface area contributed by atoms with Crippen LogP contribution in [-0.4, -0.2) is 23.6 Å². The maximum Gasteiger partial charge on any atom is 0.106 e. The molecule has 0 amide bonds. The first kappa shape index (κ1) is 12.9. The van der Waals surface area contributed by atoms with Crippen molar-refractivity contribution in [2.45, 2.75) is 56.8 Å². The lowest BCUT2D eigenvalue weighted by atomic mass is 9.49. The highest BCUT2D eigenvalue weighted by Crippen LogP contribution is 2.60. The third-order valence-electron chi connectivity index (χ3n) is 6.08. The van der Waals surface area contributed by atoms with Crippen LogP contribution >= 0.6 is 0 Å². The summed E-state index contributed by atoms with van der Waals surface area (Å²) in [6, 6.07) is 0. The van der Waals surface area contributed by atoms with E-state index in [1.807, 2.05) is 7.05 Å². The zero-order valence-corrected chi connectivity index (χ0v) is 12.6. The Morgan fingerprint density at radius 2 is 1.85 bits per heavy atom. The van der Waals surface area contributed by atoms with E-state index in [0.29, 0.717) is 5.41 Å². The molecule has 3 nitrogen and oxygen atoms in total. The molecule has 4 aliphatic rings. The monoisotopic (exact) mass is 273 g/mol. The van der Waals surface area contributed by atoms with Gasteiger partial charge >= 0.3 is 0 Å². The zero-order chi connectivity index (χ0) is 13.6. The summed E-state index contributed by atoms with van der Waals surface area (Å²) in [5.74, 6) is 4.23. The fourth-order valence-electron chi connectivity index (χ4n) is 5.63. The molecule has 4 saturated carbocycles. The van der Waals surface area contributed by atoms with Crippen molar-refractivity contribution in [2.75, 3.05) is 13.6 Å². The minimum absolute atomic E-state index is 0.475. The molecule has 110 valence electrons. The van der Waals surface area contributed by atoms with Gasteiger partial charge in [-0.05, 0) is 76.3 Å². The number of aryl methyl sites for hydroxylation is 1. The van der Waals surface area contributed by atoms with Crippen molar-refractivity contribution in [1.29, 1.82) is 0 Å². The molecule has 0 radical (unpaired) electrons.